The summed E-state index contributed by atoms with van der Waals surface area (Å²) in [4.78, 5) is 30.5. The number of carbonyl (C=O) groups excluding carboxylic acids is 2. The van der Waals surface area contributed by atoms with E-state index in [2.05, 4.69) is 18.7 Å². The van der Waals surface area contributed by atoms with Crippen molar-refractivity contribution < 1.29 is 19.4 Å². The topological polar surface area (TPSA) is 70.1 Å². The number of hydrogen-bond acceptors (Lipinski definition) is 5. The molecule has 0 bridgehead atoms. The van der Waals surface area contributed by atoms with Crippen LogP contribution >= 0.6 is 23.2 Å². The first-order chi connectivity index (χ1) is 17.7. The highest BCUT2D eigenvalue weighted by atomic mass is 35.5. The molecule has 0 spiro atoms. The van der Waals surface area contributed by atoms with Gasteiger partial charge in [-0.3, -0.25) is 14.5 Å². The number of Topliss-reactive ketones (excluding diaryl/α,β-unsaturated/α-hetero) is 1. The number of nitrogens with zero attached hydrogens (tertiary/aromatic N) is 2. The van der Waals surface area contributed by atoms with E-state index in [0.717, 1.165) is 29.9 Å². The van der Waals surface area contributed by atoms with Crippen LogP contribution in [0.15, 0.2) is 66.2 Å². The number of aliphatic hydroxyl groups excluding tert-OH is 1. The summed E-state index contributed by atoms with van der Waals surface area (Å²) in [5.41, 5.74) is 3.34. The number of benzene rings is 3. The van der Waals surface area contributed by atoms with Gasteiger partial charge in [-0.15, -0.1) is 0 Å². The van der Waals surface area contributed by atoms with Gasteiger partial charge in [0.25, 0.3) is 11.7 Å². The Labute approximate surface area is 226 Å². The van der Waals surface area contributed by atoms with Gasteiger partial charge in [0.1, 0.15) is 5.76 Å². The zero-order valence-corrected chi connectivity index (χ0v) is 22.6. The van der Waals surface area contributed by atoms with Crippen LogP contribution in [-0.4, -0.2) is 37.0 Å². The second-order valence-corrected chi connectivity index (χ2v) is 9.50. The van der Waals surface area contributed by atoms with Gasteiger partial charge in [0.2, 0.25) is 0 Å². The molecule has 37 heavy (non-hydrogen) atoms. The molecule has 0 aliphatic carbocycles. The molecule has 1 aliphatic rings. The van der Waals surface area contributed by atoms with Gasteiger partial charge < -0.3 is 14.7 Å². The highest BCUT2D eigenvalue weighted by Gasteiger charge is 2.47. The lowest BCUT2D eigenvalue weighted by molar-refractivity contribution is -0.132. The molecular formula is C29H28Cl2N2O4. The van der Waals surface area contributed by atoms with Crippen LogP contribution in [0.1, 0.15) is 36.6 Å². The van der Waals surface area contributed by atoms with Crippen LogP contribution in [0.25, 0.3) is 5.76 Å². The maximum atomic E-state index is 13.5. The first-order valence-corrected chi connectivity index (χ1v) is 12.7. The standard InChI is InChI=1S/C29H28Cl2N2O4/c1-5-32(6-2)19-11-13-20(14-12-19)33-25(21-10-8-7-9-17(21)3)24(27(35)29(33)36)26(34)18-15-22(30)28(37-4)23(31)16-18/h7-16,25,34H,5-6H2,1-4H3/b26-24+. The van der Waals surface area contributed by atoms with E-state index >= 15 is 0 Å². The summed E-state index contributed by atoms with van der Waals surface area (Å²) in [6.07, 6.45) is 0. The SMILES string of the molecule is CCN(CC)c1ccc(N2C(=O)C(=O)/C(=C(/O)c3cc(Cl)c(OC)c(Cl)c3)C2c2ccccc2C)cc1. The maximum Gasteiger partial charge on any atom is 0.300 e. The van der Waals surface area contributed by atoms with Crippen molar-refractivity contribution in [3.05, 3.63) is 93.0 Å². The minimum atomic E-state index is -0.847. The van der Waals surface area contributed by atoms with E-state index in [9.17, 15) is 14.7 Å². The molecule has 1 amide bonds. The van der Waals surface area contributed by atoms with Crippen LogP contribution in [0.4, 0.5) is 11.4 Å². The Kier molecular flexibility index (Phi) is 7.81. The molecule has 1 aliphatic heterocycles. The molecule has 8 heteroatoms. The van der Waals surface area contributed by atoms with Gasteiger partial charge in [-0.2, -0.15) is 0 Å². The van der Waals surface area contributed by atoms with Gasteiger partial charge in [-0.05, 0) is 68.3 Å². The Morgan fingerprint density at radius 2 is 1.59 bits per heavy atom. The van der Waals surface area contributed by atoms with E-state index in [4.69, 9.17) is 27.9 Å². The van der Waals surface area contributed by atoms with E-state index < -0.39 is 17.7 Å². The van der Waals surface area contributed by atoms with Crippen LogP contribution in [-0.2, 0) is 9.59 Å². The first kappa shape index (κ1) is 26.6. The number of ketones is 1. The highest BCUT2D eigenvalue weighted by molar-refractivity contribution is 6.51. The second kappa shape index (κ2) is 10.9. The fourth-order valence-electron chi connectivity index (χ4n) is 4.75. The van der Waals surface area contributed by atoms with Crippen molar-refractivity contribution in [2.75, 3.05) is 30.0 Å². The van der Waals surface area contributed by atoms with Crippen molar-refractivity contribution in [2.24, 2.45) is 0 Å². The largest absolute Gasteiger partial charge is 0.507 e. The number of amides is 1. The van der Waals surface area contributed by atoms with E-state index in [1.807, 2.05) is 55.5 Å². The van der Waals surface area contributed by atoms with Crippen LogP contribution in [0.2, 0.25) is 10.0 Å². The van der Waals surface area contributed by atoms with E-state index in [1.54, 1.807) is 0 Å². The number of rotatable bonds is 7. The summed E-state index contributed by atoms with van der Waals surface area (Å²) in [6, 6.07) is 17.1. The van der Waals surface area contributed by atoms with Crippen molar-refractivity contribution in [2.45, 2.75) is 26.8 Å². The van der Waals surface area contributed by atoms with Crippen LogP contribution in [0.3, 0.4) is 0 Å². The molecule has 3 aromatic rings. The van der Waals surface area contributed by atoms with Crippen LogP contribution in [0, 0.1) is 6.92 Å². The normalized spacial score (nSPS) is 16.8. The first-order valence-electron chi connectivity index (χ1n) is 12.0. The van der Waals surface area contributed by atoms with Gasteiger partial charge in [-0.1, -0.05) is 47.5 Å². The third-order valence-corrected chi connectivity index (χ3v) is 7.22. The smallest absolute Gasteiger partial charge is 0.300 e. The quantitative estimate of drug-likeness (QED) is 0.204. The molecule has 1 fully saturated rings. The Morgan fingerprint density at radius 3 is 2.14 bits per heavy atom. The molecule has 6 nitrogen and oxygen atoms in total. The summed E-state index contributed by atoms with van der Waals surface area (Å²) < 4.78 is 5.20. The lowest BCUT2D eigenvalue weighted by Crippen LogP contribution is -2.30. The molecule has 4 rings (SSSR count). The van der Waals surface area contributed by atoms with Gasteiger partial charge in [0.15, 0.2) is 5.75 Å². The zero-order chi connectivity index (χ0) is 26.9. The Balaban J connectivity index is 1.91. The molecule has 0 aromatic heterocycles. The number of ether oxygens (including phenoxy) is 1. The number of hydrogen-bond donors (Lipinski definition) is 1. The predicted octanol–water partition coefficient (Wildman–Crippen LogP) is 6.78. The lowest BCUT2D eigenvalue weighted by atomic mass is 9.92. The fourth-order valence-corrected chi connectivity index (χ4v) is 5.39. The Morgan fingerprint density at radius 1 is 1.00 bits per heavy atom. The zero-order valence-electron chi connectivity index (χ0n) is 21.1. The summed E-state index contributed by atoms with van der Waals surface area (Å²) in [5.74, 6) is -1.62. The molecule has 0 radical (unpaired) electrons. The monoisotopic (exact) mass is 538 g/mol. The summed E-state index contributed by atoms with van der Waals surface area (Å²) in [5, 5.41) is 11.7. The van der Waals surface area contributed by atoms with Gasteiger partial charge in [0.05, 0.1) is 28.8 Å². The van der Waals surface area contributed by atoms with Crippen molar-refractivity contribution >= 4 is 52.0 Å². The van der Waals surface area contributed by atoms with E-state index in [1.165, 1.54) is 24.1 Å². The summed E-state index contributed by atoms with van der Waals surface area (Å²) >= 11 is 12.6. The molecule has 192 valence electrons. The Bertz CT molecular complexity index is 1360. The fraction of sp³-hybridized carbons (Fsp3) is 0.241. The number of anilines is 2. The minimum absolute atomic E-state index is 0.0376. The van der Waals surface area contributed by atoms with Crippen LogP contribution < -0.4 is 14.5 Å². The maximum absolute atomic E-state index is 13.5. The molecule has 1 N–H and O–H groups in total. The molecule has 3 aromatic carbocycles. The number of halogens is 2. The number of methoxy groups -OCH3 is 1. The Hall–Kier alpha value is -3.48. The molecule has 1 heterocycles. The molecular weight excluding hydrogens is 511 g/mol. The average molecular weight is 539 g/mol. The lowest BCUT2D eigenvalue weighted by Gasteiger charge is -2.27. The third-order valence-electron chi connectivity index (χ3n) is 6.66. The van der Waals surface area contributed by atoms with E-state index in [0.29, 0.717) is 5.69 Å². The summed E-state index contributed by atoms with van der Waals surface area (Å²) in [6.45, 7) is 7.74. The highest BCUT2D eigenvalue weighted by Crippen LogP contribution is 2.44. The van der Waals surface area contributed by atoms with Crippen molar-refractivity contribution in [1.82, 2.24) is 0 Å². The van der Waals surface area contributed by atoms with Gasteiger partial charge in [-0.25, -0.2) is 0 Å². The number of aliphatic hydroxyl groups is 1. The number of carbonyl (C=O) groups is 2. The predicted molar refractivity (Wildman–Crippen MR) is 149 cm³/mol. The minimum Gasteiger partial charge on any atom is -0.507 e. The van der Waals surface area contributed by atoms with Crippen molar-refractivity contribution in [3.63, 3.8) is 0 Å². The van der Waals surface area contributed by atoms with Crippen molar-refractivity contribution in [1.29, 1.82) is 0 Å². The molecule has 1 saturated heterocycles. The number of aryl methyl sites for hydroxylation is 1. The second-order valence-electron chi connectivity index (χ2n) is 8.69. The van der Waals surface area contributed by atoms with Gasteiger partial charge in [0, 0.05) is 30.0 Å². The van der Waals surface area contributed by atoms with Gasteiger partial charge >= 0.3 is 0 Å². The van der Waals surface area contributed by atoms with Crippen molar-refractivity contribution in [3.8, 4) is 5.75 Å². The van der Waals surface area contributed by atoms with Crippen LogP contribution in [0.5, 0.6) is 5.75 Å². The molecule has 0 saturated carbocycles. The molecule has 1 atom stereocenters. The third kappa shape index (κ3) is 4.79. The molecule has 1 unspecified atom stereocenters. The van der Waals surface area contributed by atoms with E-state index in [-0.39, 0.29) is 32.7 Å². The average Bonchev–Trinajstić information content (AvgIpc) is 3.15. The summed E-state index contributed by atoms with van der Waals surface area (Å²) in [7, 11) is 1.43.